The number of anilines is 1. The van der Waals surface area contributed by atoms with Crippen LogP contribution in [0.15, 0.2) is 53.3 Å². The van der Waals surface area contributed by atoms with Gasteiger partial charge in [-0.3, -0.25) is 4.79 Å². The van der Waals surface area contributed by atoms with E-state index < -0.39 is 17.5 Å². The fraction of sp³-hybridized carbons (Fsp3) is 0.0625. The van der Waals surface area contributed by atoms with Gasteiger partial charge in [-0.1, -0.05) is 0 Å². The normalized spacial score (nSPS) is 10.4. The SMILES string of the molecule is O=C(COc1ccc(-c2nnco2)cc1)Nc1cc(F)ccc1F. The van der Waals surface area contributed by atoms with Gasteiger partial charge in [0.25, 0.3) is 5.91 Å². The van der Waals surface area contributed by atoms with Crippen LogP contribution in [0.25, 0.3) is 11.5 Å². The summed E-state index contributed by atoms with van der Waals surface area (Å²) in [5.41, 5.74) is 0.460. The predicted molar refractivity (Wildman–Crippen MR) is 80.2 cm³/mol. The zero-order valence-electron chi connectivity index (χ0n) is 12.2. The summed E-state index contributed by atoms with van der Waals surface area (Å²) in [5, 5.41) is 9.58. The highest BCUT2D eigenvalue weighted by molar-refractivity contribution is 5.92. The zero-order valence-corrected chi connectivity index (χ0v) is 12.2. The molecule has 2 aromatic carbocycles. The molecule has 0 radical (unpaired) electrons. The molecule has 0 saturated carbocycles. The molecule has 0 atom stereocenters. The van der Waals surface area contributed by atoms with Crippen LogP contribution in [-0.4, -0.2) is 22.7 Å². The molecule has 122 valence electrons. The number of nitrogens with zero attached hydrogens (tertiary/aromatic N) is 2. The van der Waals surface area contributed by atoms with Gasteiger partial charge in [-0.05, 0) is 36.4 Å². The van der Waals surface area contributed by atoms with E-state index in [2.05, 4.69) is 15.5 Å². The third kappa shape index (κ3) is 3.72. The molecule has 0 aliphatic carbocycles. The average molecular weight is 331 g/mol. The van der Waals surface area contributed by atoms with E-state index in [9.17, 15) is 13.6 Å². The predicted octanol–water partition coefficient (Wildman–Crippen LogP) is 3.03. The lowest BCUT2D eigenvalue weighted by atomic mass is 10.2. The highest BCUT2D eigenvalue weighted by Gasteiger charge is 2.09. The first-order valence-electron chi connectivity index (χ1n) is 6.86. The maximum atomic E-state index is 13.4. The number of hydrogen-bond acceptors (Lipinski definition) is 5. The molecule has 0 bridgehead atoms. The van der Waals surface area contributed by atoms with Crippen LogP contribution < -0.4 is 10.1 Å². The molecule has 0 unspecified atom stereocenters. The Labute approximate surface area is 135 Å². The van der Waals surface area contributed by atoms with Crippen molar-refractivity contribution < 1.29 is 22.7 Å². The van der Waals surface area contributed by atoms with Crippen molar-refractivity contribution in [3.8, 4) is 17.2 Å². The standard InChI is InChI=1S/C16H11F2N3O3/c17-11-3-6-13(18)14(7-11)20-15(22)8-23-12-4-1-10(2-5-12)16-21-19-9-24-16/h1-7,9H,8H2,(H,20,22). The Morgan fingerprint density at radius 1 is 1.17 bits per heavy atom. The van der Waals surface area contributed by atoms with Crippen LogP contribution in [0.1, 0.15) is 0 Å². The molecule has 0 spiro atoms. The van der Waals surface area contributed by atoms with Crippen molar-refractivity contribution in [2.45, 2.75) is 0 Å². The maximum absolute atomic E-state index is 13.4. The summed E-state index contributed by atoms with van der Waals surface area (Å²) in [6.07, 6.45) is 1.22. The second-order valence-electron chi connectivity index (χ2n) is 4.73. The minimum atomic E-state index is -0.728. The van der Waals surface area contributed by atoms with Crippen LogP contribution in [-0.2, 0) is 4.79 Å². The highest BCUT2D eigenvalue weighted by atomic mass is 19.1. The molecule has 0 saturated heterocycles. The molecule has 6 nitrogen and oxygen atoms in total. The van der Waals surface area contributed by atoms with E-state index in [1.54, 1.807) is 24.3 Å². The topological polar surface area (TPSA) is 77.2 Å². The molecule has 24 heavy (non-hydrogen) atoms. The first kappa shape index (κ1) is 15.6. The lowest BCUT2D eigenvalue weighted by Crippen LogP contribution is -2.20. The van der Waals surface area contributed by atoms with Gasteiger partial charge in [0, 0.05) is 11.6 Å². The molecule has 3 aromatic rings. The van der Waals surface area contributed by atoms with Crippen LogP contribution in [0.3, 0.4) is 0 Å². The van der Waals surface area contributed by atoms with E-state index in [-0.39, 0.29) is 12.3 Å². The van der Waals surface area contributed by atoms with E-state index in [0.29, 0.717) is 17.2 Å². The molecule has 1 aromatic heterocycles. The Hall–Kier alpha value is -3.29. The van der Waals surface area contributed by atoms with E-state index >= 15 is 0 Å². The molecular weight excluding hydrogens is 320 g/mol. The second kappa shape index (κ2) is 6.86. The van der Waals surface area contributed by atoms with Gasteiger partial charge in [-0.25, -0.2) is 8.78 Å². The number of aromatic nitrogens is 2. The Balaban J connectivity index is 1.57. The van der Waals surface area contributed by atoms with Crippen molar-refractivity contribution in [2.24, 2.45) is 0 Å². The van der Waals surface area contributed by atoms with Gasteiger partial charge in [0.15, 0.2) is 6.61 Å². The second-order valence-corrected chi connectivity index (χ2v) is 4.73. The molecular formula is C16H11F2N3O3. The number of carbonyl (C=O) groups excluding carboxylic acids is 1. The quantitative estimate of drug-likeness (QED) is 0.777. The number of rotatable bonds is 5. The lowest BCUT2D eigenvalue weighted by molar-refractivity contribution is -0.118. The Bertz CT molecular complexity index is 836. The van der Waals surface area contributed by atoms with Crippen LogP contribution in [0.2, 0.25) is 0 Å². The van der Waals surface area contributed by atoms with Gasteiger partial charge in [0.05, 0.1) is 5.69 Å². The molecule has 1 amide bonds. The number of hydrogen-bond donors (Lipinski definition) is 1. The van der Waals surface area contributed by atoms with E-state index in [1.165, 1.54) is 6.39 Å². The molecule has 8 heteroatoms. The first-order chi connectivity index (χ1) is 11.6. The number of amides is 1. The number of benzene rings is 2. The first-order valence-corrected chi connectivity index (χ1v) is 6.86. The summed E-state index contributed by atoms with van der Waals surface area (Å²) in [6, 6.07) is 9.41. The van der Waals surface area contributed by atoms with Crippen LogP contribution in [0, 0.1) is 11.6 Å². The van der Waals surface area contributed by atoms with Crippen molar-refractivity contribution in [2.75, 3.05) is 11.9 Å². The van der Waals surface area contributed by atoms with Crippen molar-refractivity contribution in [1.29, 1.82) is 0 Å². The summed E-state index contributed by atoms with van der Waals surface area (Å²) < 4.78 is 36.8. The third-order valence-corrected chi connectivity index (χ3v) is 3.03. The fourth-order valence-corrected chi connectivity index (χ4v) is 1.92. The third-order valence-electron chi connectivity index (χ3n) is 3.03. The molecule has 0 aliphatic heterocycles. The monoisotopic (exact) mass is 331 g/mol. The zero-order chi connectivity index (χ0) is 16.9. The highest BCUT2D eigenvalue weighted by Crippen LogP contribution is 2.20. The van der Waals surface area contributed by atoms with Crippen molar-refractivity contribution in [3.05, 3.63) is 60.5 Å². The molecule has 0 fully saturated rings. The van der Waals surface area contributed by atoms with Crippen molar-refractivity contribution in [1.82, 2.24) is 10.2 Å². The maximum Gasteiger partial charge on any atom is 0.262 e. The van der Waals surface area contributed by atoms with Crippen LogP contribution >= 0.6 is 0 Å². The minimum Gasteiger partial charge on any atom is -0.484 e. The molecule has 0 aliphatic rings. The average Bonchev–Trinajstić information content (AvgIpc) is 3.11. The summed E-state index contributed by atoms with van der Waals surface area (Å²) >= 11 is 0. The largest absolute Gasteiger partial charge is 0.484 e. The van der Waals surface area contributed by atoms with Gasteiger partial charge < -0.3 is 14.5 Å². The summed E-state index contributed by atoms with van der Waals surface area (Å²) in [6.45, 7) is -0.351. The van der Waals surface area contributed by atoms with E-state index in [0.717, 1.165) is 18.2 Å². The molecule has 3 rings (SSSR count). The fourth-order valence-electron chi connectivity index (χ4n) is 1.92. The lowest BCUT2D eigenvalue weighted by Gasteiger charge is -2.08. The molecule has 1 heterocycles. The Morgan fingerprint density at radius 2 is 1.96 bits per heavy atom. The van der Waals surface area contributed by atoms with Crippen LogP contribution in [0.4, 0.5) is 14.5 Å². The Morgan fingerprint density at radius 3 is 2.67 bits per heavy atom. The Kier molecular flexibility index (Phi) is 4.46. The van der Waals surface area contributed by atoms with Crippen molar-refractivity contribution in [3.63, 3.8) is 0 Å². The summed E-state index contributed by atoms with van der Waals surface area (Å²) in [5.74, 6) is -1.20. The number of halogens is 2. The van der Waals surface area contributed by atoms with Crippen molar-refractivity contribution >= 4 is 11.6 Å². The van der Waals surface area contributed by atoms with Gasteiger partial charge >= 0.3 is 0 Å². The summed E-state index contributed by atoms with van der Waals surface area (Å²) in [7, 11) is 0. The van der Waals surface area contributed by atoms with E-state index in [4.69, 9.17) is 9.15 Å². The van der Waals surface area contributed by atoms with Gasteiger partial charge in [0.2, 0.25) is 12.3 Å². The van der Waals surface area contributed by atoms with Gasteiger partial charge in [-0.2, -0.15) is 0 Å². The smallest absolute Gasteiger partial charge is 0.262 e. The number of nitrogens with one attached hydrogen (secondary N) is 1. The number of ether oxygens (including phenoxy) is 1. The van der Waals surface area contributed by atoms with Gasteiger partial charge in [-0.15, -0.1) is 10.2 Å². The number of carbonyl (C=O) groups is 1. The van der Waals surface area contributed by atoms with Gasteiger partial charge in [0.1, 0.15) is 17.4 Å². The molecule has 1 N–H and O–H groups in total. The van der Waals surface area contributed by atoms with E-state index in [1.807, 2.05) is 0 Å². The summed E-state index contributed by atoms with van der Waals surface area (Å²) in [4.78, 5) is 11.7. The minimum absolute atomic E-state index is 0.240. The van der Waals surface area contributed by atoms with Crippen LogP contribution in [0.5, 0.6) is 5.75 Å².